The van der Waals surface area contributed by atoms with Gasteiger partial charge in [0.15, 0.2) is 0 Å². The molecule has 0 aliphatic heterocycles. The van der Waals surface area contributed by atoms with Gasteiger partial charge in [-0.1, -0.05) is 0 Å². The first-order valence-electron chi connectivity index (χ1n) is 4.71. The van der Waals surface area contributed by atoms with Crippen LogP contribution in [-0.4, -0.2) is 16.2 Å². The van der Waals surface area contributed by atoms with E-state index in [4.69, 9.17) is 5.73 Å². The molecule has 2 rings (SSSR count). The van der Waals surface area contributed by atoms with E-state index in [9.17, 15) is 9.50 Å². The van der Waals surface area contributed by atoms with Crippen LogP contribution in [0.3, 0.4) is 0 Å². The molecule has 3 atom stereocenters. The topological polar surface area (TPSA) is 59.1 Å². The Labute approximate surface area is 95.6 Å². The number of aliphatic hydroxyl groups excluding tert-OH is 1. The Hall–Kier alpha value is -0.520. The molecule has 3 nitrogen and oxygen atoms in total. The molecule has 0 spiro atoms. The first-order valence-corrected chi connectivity index (χ1v) is 5.50. The molecule has 1 aromatic rings. The number of nitrogens with zero attached hydrogens (tertiary/aromatic N) is 1. The smallest absolute Gasteiger partial charge is 0.217 e. The van der Waals surface area contributed by atoms with E-state index in [-0.39, 0.29) is 5.92 Å². The number of aliphatic hydroxyl groups is 1. The summed E-state index contributed by atoms with van der Waals surface area (Å²) < 4.78 is 14.2. The number of pyridine rings is 1. The molecule has 1 unspecified atom stereocenters. The van der Waals surface area contributed by atoms with E-state index in [1.165, 1.54) is 6.20 Å². The SMILES string of the molecule is C[C@](N)(c1cc(Br)cnc1F)[C@@H]1CC1O. The summed E-state index contributed by atoms with van der Waals surface area (Å²) in [5.41, 5.74) is 5.53. The Balaban J connectivity index is 2.39. The van der Waals surface area contributed by atoms with Crippen LogP contribution >= 0.6 is 15.9 Å². The summed E-state index contributed by atoms with van der Waals surface area (Å²) in [6.45, 7) is 1.72. The first kappa shape index (κ1) is 11.0. The molecule has 0 radical (unpaired) electrons. The third-order valence-corrected chi connectivity index (χ3v) is 3.35. The maximum absolute atomic E-state index is 13.5. The molecule has 0 amide bonds. The molecule has 1 fully saturated rings. The van der Waals surface area contributed by atoms with Gasteiger partial charge in [0.25, 0.3) is 0 Å². The number of aromatic nitrogens is 1. The van der Waals surface area contributed by atoms with Gasteiger partial charge in [-0.05, 0) is 35.3 Å². The van der Waals surface area contributed by atoms with E-state index < -0.39 is 17.6 Å². The highest BCUT2D eigenvalue weighted by atomic mass is 79.9. The standard InChI is InChI=1S/C10H12BrFN2O/c1-10(13,6-3-8(6)15)7-2-5(11)4-14-9(7)12/h2,4,6,8,15H,3,13H2,1H3/t6-,8?,10-/m1/s1. The van der Waals surface area contributed by atoms with E-state index in [1.807, 2.05) is 0 Å². The zero-order chi connectivity index (χ0) is 11.2. The molecule has 0 aromatic carbocycles. The summed E-state index contributed by atoms with van der Waals surface area (Å²) in [6, 6.07) is 1.62. The molecular formula is C10H12BrFN2O. The fourth-order valence-electron chi connectivity index (χ4n) is 1.83. The zero-order valence-corrected chi connectivity index (χ0v) is 9.83. The van der Waals surface area contributed by atoms with Gasteiger partial charge in [0.1, 0.15) is 0 Å². The number of halogens is 2. The third-order valence-electron chi connectivity index (χ3n) is 2.91. The van der Waals surface area contributed by atoms with E-state index in [1.54, 1.807) is 13.0 Å². The predicted molar refractivity (Wildman–Crippen MR) is 57.5 cm³/mol. The summed E-state index contributed by atoms with van der Waals surface area (Å²) in [7, 11) is 0. The van der Waals surface area contributed by atoms with Crippen LogP contribution in [0.4, 0.5) is 4.39 Å². The van der Waals surface area contributed by atoms with Gasteiger partial charge in [0.05, 0.1) is 6.10 Å². The molecule has 1 heterocycles. The lowest BCUT2D eigenvalue weighted by Gasteiger charge is -2.25. The van der Waals surface area contributed by atoms with Crippen molar-refractivity contribution in [3.8, 4) is 0 Å². The van der Waals surface area contributed by atoms with Crippen LogP contribution in [0.25, 0.3) is 0 Å². The van der Waals surface area contributed by atoms with Crippen molar-refractivity contribution in [3.63, 3.8) is 0 Å². The van der Waals surface area contributed by atoms with Gasteiger partial charge in [0.2, 0.25) is 5.95 Å². The van der Waals surface area contributed by atoms with Crippen molar-refractivity contribution in [1.29, 1.82) is 0 Å². The average Bonchev–Trinajstić information content (AvgIpc) is 2.87. The lowest BCUT2D eigenvalue weighted by molar-refractivity contribution is 0.227. The Morgan fingerprint density at radius 2 is 2.33 bits per heavy atom. The predicted octanol–water partition coefficient (Wildman–Crippen LogP) is 1.54. The molecule has 1 aliphatic carbocycles. The van der Waals surface area contributed by atoms with Crippen LogP contribution in [0.1, 0.15) is 18.9 Å². The molecule has 1 saturated carbocycles. The minimum Gasteiger partial charge on any atom is -0.393 e. The minimum absolute atomic E-state index is 0.0805. The molecule has 0 bridgehead atoms. The van der Waals surface area contributed by atoms with Crippen LogP contribution in [0.2, 0.25) is 0 Å². The van der Waals surface area contributed by atoms with Crippen LogP contribution in [0, 0.1) is 11.9 Å². The second kappa shape index (κ2) is 3.50. The highest BCUT2D eigenvalue weighted by Gasteiger charge is 2.49. The molecule has 5 heteroatoms. The molecule has 1 aromatic heterocycles. The zero-order valence-electron chi connectivity index (χ0n) is 8.24. The minimum atomic E-state index is -0.861. The van der Waals surface area contributed by atoms with Crippen LogP contribution in [0.15, 0.2) is 16.7 Å². The lowest BCUT2D eigenvalue weighted by Crippen LogP contribution is -2.38. The quantitative estimate of drug-likeness (QED) is 0.805. The fourth-order valence-corrected chi connectivity index (χ4v) is 2.16. The number of hydrogen-bond acceptors (Lipinski definition) is 3. The van der Waals surface area contributed by atoms with Gasteiger partial charge in [0, 0.05) is 27.7 Å². The highest BCUT2D eigenvalue weighted by molar-refractivity contribution is 9.10. The number of rotatable bonds is 2. The summed E-state index contributed by atoms with van der Waals surface area (Å²) in [4.78, 5) is 3.60. The van der Waals surface area contributed by atoms with Gasteiger partial charge in [-0.3, -0.25) is 0 Å². The van der Waals surface area contributed by atoms with Crippen molar-refractivity contribution in [1.82, 2.24) is 4.98 Å². The van der Waals surface area contributed by atoms with Crippen molar-refractivity contribution < 1.29 is 9.50 Å². The van der Waals surface area contributed by atoms with Crippen molar-refractivity contribution in [3.05, 3.63) is 28.2 Å². The van der Waals surface area contributed by atoms with Gasteiger partial charge >= 0.3 is 0 Å². The number of hydrogen-bond donors (Lipinski definition) is 2. The second-order valence-electron chi connectivity index (χ2n) is 4.18. The van der Waals surface area contributed by atoms with Crippen LogP contribution < -0.4 is 5.73 Å². The Morgan fingerprint density at radius 1 is 1.73 bits per heavy atom. The number of nitrogens with two attached hydrogens (primary N) is 1. The first-order chi connectivity index (χ1) is 6.93. The van der Waals surface area contributed by atoms with Gasteiger partial charge in [-0.25, -0.2) is 4.98 Å². The summed E-state index contributed by atoms with van der Waals surface area (Å²) in [5.74, 6) is -0.648. The molecule has 82 valence electrons. The Kier molecular flexibility index (Phi) is 2.56. The monoisotopic (exact) mass is 274 g/mol. The van der Waals surface area contributed by atoms with E-state index in [0.717, 1.165) is 0 Å². The second-order valence-corrected chi connectivity index (χ2v) is 5.10. The Bertz CT molecular complexity index is 397. The van der Waals surface area contributed by atoms with E-state index in [2.05, 4.69) is 20.9 Å². The van der Waals surface area contributed by atoms with Crippen LogP contribution in [-0.2, 0) is 5.54 Å². The highest BCUT2D eigenvalue weighted by Crippen LogP contribution is 2.44. The maximum atomic E-state index is 13.5. The molecule has 15 heavy (non-hydrogen) atoms. The van der Waals surface area contributed by atoms with E-state index in [0.29, 0.717) is 16.5 Å². The van der Waals surface area contributed by atoms with E-state index >= 15 is 0 Å². The molecular weight excluding hydrogens is 263 g/mol. The molecule has 0 saturated heterocycles. The van der Waals surface area contributed by atoms with Crippen molar-refractivity contribution in [2.24, 2.45) is 11.7 Å². The summed E-state index contributed by atoms with van der Waals surface area (Å²) in [5, 5.41) is 9.35. The normalized spacial score (nSPS) is 28.6. The van der Waals surface area contributed by atoms with Gasteiger partial charge in [-0.2, -0.15) is 4.39 Å². The summed E-state index contributed by atoms with van der Waals surface area (Å²) >= 11 is 3.23. The maximum Gasteiger partial charge on any atom is 0.217 e. The van der Waals surface area contributed by atoms with Crippen molar-refractivity contribution in [2.45, 2.75) is 25.0 Å². The average molecular weight is 275 g/mol. The van der Waals surface area contributed by atoms with Crippen molar-refractivity contribution in [2.75, 3.05) is 0 Å². The van der Waals surface area contributed by atoms with Gasteiger partial charge < -0.3 is 10.8 Å². The third kappa shape index (κ3) is 1.91. The van der Waals surface area contributed by atoms with Crippen molar-refractivity contribution >= 4 is 15.9 Å². The van der Waals surface area contributed by atoms with Gasteiger partial charge in [-0.15, -0.1) is 0 Å². The summed E-state index contributed by atoms with van der Waals surface area (Å²) in [6.07, 6.45) is 1.59. The Morgan fingerprint density at radius 3 is 2.87 bits per heavy atom. The fraction of sp³-hybridized carbons (Fsp3) is 0.500. The lowest BCUT2D eigenvalue weighted by atomic mass is 9.89. The van der Waals surface area contributed by atoms with Crippen LogP contribution in [0.5, 0.6) is 0 Å². The largest absolute Gasteiger partial charge is 0.393 e. The molecule has 1 aliphatic rings. The molecule has 3 N–H and O–H groups in total.